The summed E-state index contributed by atoms with van der Waals surface area (Å²) in [6, 6.07) is 0. The van der Waals surface area contributed by atoms with Gasteiger partial charge in [0.2, 0.25) is 0 Å². The molecule has 0 aliphatic carbocycles. The van der Waals surface area contributed by atoms with Gasteiger partial charge in [0.25, 0.3) is 0 Å². The molecule has 0 aliphatic heterocycles. The van der Waals surface area contributed by atoms with Crippen molar-refractivity contribution in [1.82, 2.24) is 0 Å². The van der Waals surface area contributed by atoms with Gasteiger partial charge in [-0.15, -0.1) is 0 Å². The summed E-state index contributed by atoms with van der Waals surface area (Å²) in [6.45, 7) is 3.37. The molecule has 9 nitrogen and oxygen atoms in total. The first kappa shape index (κ1) is 84.5. The highest BCUT2D eigenvalue weighted by molar-refractivity contribution is 7.47. The number of nitrogens with two attached hydrogens (primary N) is 1. The Bertz CT molecular complexity index is 2440. The maximum absolute atomic E-state index is 12.7. The van der Waals surface area contributed by atoms with E-state index >= 15 is 0 Å². The molecule has 2 atom stereocenters. The van der Waals surface area contributed by atoms with Gasteiger partial charge < -0.3 is 20.1 Å². The molecule has 3 N–H and O–H groups in total. The van der Waals surface area contributed by atoms with Gasteiger partial charge >= 0.3 is 19.8 Å². The van der Waals surface area contributed by atoms with Crippen molar-refractivity contribution in [3.63, 3.8) is 0 Å². The zero-order valence-corrected chi connectivity index (χ0v) is 57.1. The average Bonchev–Trinajstić information content (AvgIpc) is 3.74. The van der Waals surface area contributed by atoms with Crippen LogP contribution in [0, 0.1) is 0 Å². The second-order valence-corrected chi connectivity index (χ2v) is 22.7. The Morgan fingerprint density at radius 2 is 0.582 bits per heavy atom. The standard InChI is InChI=1S/C81H120NO8P/c1-3-5-7-9-11-13-15-17-19-21-23-25-27-29-31-33-34-35-36-37-38-39-40-41-42-43-44-46-48-50-52-54-56-58-60-62-64-66-68-70-72-74-81(84)90-79(78-89-91(85,86)88-76-75-82)77-87-80(83)73-71-69-67-65-63-61-59-57-55-53-51-49-47-45-32-30-28-26-24-22-20-18-16-14-12-10-8-6-4-2/h5-8,11-14,17-20,23-26,29-32,34-35,37-38,40-41,43-44,47-50,53-56,59-62,65,67,79H,3-4,9-10,15-16,21-22,27-28,33,36,39,42,45-46,51-52,57-58,63-64,66,68-78,82H2,1-2H3,(H,85,86)/b7-5-,8-6-,13-11-,14-12-,19-17-,20-18-,25-23-,26-24-,31-29-,32-30-,35-34-,38-37-,41-40-,44-43-,49-47-,50-48-,55-53-,56-54-,61-59-,62-60-,67-65-. The molecule has 2 unspecified atom stereocenters. The molecule has 0 spiro atoms. The fraction of sp³-hybridized carbons (Fsp3) is 0.457. The Kier molecular flexibility index (Phi) is 67.5. The molecule has 0 saturated heterocycles. The van der Waals surface area contributed by atoms with Crippen LogP contribution in [-0.4, -0.2) is 49.3 Å². The number of unbranched alkanes of at least 4 members (excludes halogenated alkanes) is 5. The van der Waals surface area contributed by atoms with Crippen LogP contribution in [-0.2, 0) is 32.7 Å². The highest BCUT2D eigenvalue weighted by Gasteiger charge is 2.26. The van der Waals surface area contributed by atoms with Crippen molar-refractivity contribution >= 4 is 19.8 Å². The van der Waals surface area contributed by atoms with Gasteiger partial charge in [-0.25, -0.2) is 4.57 Å². The number of carbonyl (C=O) groups excluding carboxylic acids is 2. The molecule has 91 heavy (non-hydrogen) atoms. The number of allylic oxidation sites excluding steroid dienone is 42. The quantitative estimate of drug-likeness (QED) is 0.0264. The summed E-state index contributed by atoms with van der Waals surface area (Å²) in [4.78, 5) is 35.3. The van der Waals surface area contributed by atoms with Crippen molar-refractivity contribution in [2.24, 2.45) is 5.73 Å². The first-order valence-electron chi connectivity index (χ1n) is 34.2. The van der Waals surface area contributed by atoms with Gasteiger partial charge in [-0.05, 0) is 167 Å². The van der Waals surface area contributed by atoms with E-state index in [1.165, 1.54) is 0 Å². The van der Waals surface area contributed by atoms with Crippen molar-refractivity contribution in [3.8, 4) is 0 Å². The number of carbonyl (C=O) groups is 2. The Balaban J connectivity index is 4.16. The van der Waals surface area contributed by atoms with Crippen molar-refractivity contribution in [2.45, 2.75) is 213 Å². The smallest absolute Gasteiger partial charge is 0.462 e. The molecule has 0 aromatic heterocycles. The highest BCUT2D eigenvalue weighted by Crippen LogP contribution is 2.43. The van der Waals surface area contributed by atoms with Crippen LogP contribution in [0.15, 0.2) is 255 Å². The first-order chi connectivity index (χ1) is 44.8. The highest BCUT2D eigenvalue weighted by atomic mass is 31.2. The van der Waals surface area contributed by atoms with Gasteiger partial charge in [0.15, 0.2) is 6.10 Å². The van der Waals surface area contributed by atoms with Gasteiger partial charge in [-0.2, -0.15) is 0 Å². The third-order valence-electron chi connectivity index (χ3n) is 12.9. The molecule has 0 rings (SSSR count). The molecule has 0 fully saturated rings. The van der Waals surface area contributed by atoms with Crippen LogP contribution in [0.1, 0.15) is 206 Å². The molecule has 10 heteroatoms. The van der Waals surface area contributed by atoms with Crippen LogP contribution in [0.5, 0.6) is 0 Å². The van der Waals surface area contributed by atoms with E-state index in [4.69, 9.17) is 24.3 Å². The van der Waals surface area contributed by atoms with Crippen molar-refractivity contribution in [3.05, 3.63) is 255 Å². The van der Waals surface area contributed by atoms with Crippen LogP contribution in [0.3, 0.4) is 0 Å². The summed E-state index contributed by atoms with van der Waals surface area (Å²) in [5, 5.41) is 0. The van der Waals surface area contributed by atoms with Crippen molar-refractivity contribution < 1.29 is 37.6 Å². The van der Waals surface area contributed by atoms with Crippen molar-refractivity contribution in [1.29, 1.82) is 0 Å². The number of phosphoric ester groups is 1. The predicted octanol–water partition coefficient (Wildman–Crippen LogP) is 23.0. The maximum atomic E-state index is 12.7. The topological polar surface area (TPSA) is 134 Å². The molecule has 0 amide bonds. The number of phosphoric acid groups is 1. The fourth-order valence-electron chi connectivity index (χ4n) is 7.97. The number of rotatable bonds is 60. The molecular formula is C81H120NO8P. The third kappa shape index (κ3) is 72.5. The predicted molar refractivity (Wildman–Crippen MR) is 393 cm³/mol. The summed E-state index contributed by atoms with van der Waals surface area (Å²) in [7, 11) is -4.43. The molecule has 0 aliphatic rings. The van der Waals surface area contributed by atoms with Gasteiger partial charge in [0.05, 0.1) is 13.2 Å². The van der Waals surface area contributed by atoms with E-state index in [9.17, 15) is 19.0 Å². The second kappa shape index (κ2) is 72.6. The van der Waals surface area contributed by atoms with E-state index in [1.807, 2.05) is 6.08 Å². The molecule has 0 bridgehead atoms. The molecule has 502 valence electrons. The molecule has 0 aromatic carbocycles. The van der Waals surface area contributed by atoms with E-state index < -0.39 is 32.5 Å². The minimum Gasteiger partial charge on any atom is -0.462 e. The normalized spacial score (nSPS) is 14.5. The lowest BCUT2D eigenvalue weighted by atomic mass is 10.1. The molecular weight excluding hydrogens is 1150 g/mol. The summed E-state index contributed by atoms with van der Waals surface area (Å²) in [6.07, 6.45) is 118. The van der Waals surface area contributed by atoms with Gasteiger partial charge in [0.1, 0.15) is 6.61 Å². The summed E-state index contributed by atoms with van der Waals surface area (Å²) in [5.41, 5.74) is 5.39. The first-order valence-corrected chi connectivity index (χ1v) is 35.7. The number of ether oxygens (including phenoxy) is 2. The molecule has 0 saturated carbocycles. The fourth-order valence-corrected chi connectivity index (χ4v) is 8.73. The van der Waals surface area contributed by atoms with Crippen LogP contribution in [0.4, 0.5) is 0 Å². The Hall–Kier alpha value is -6.45. The van der Waals surface area contributed by atoms with E-state index in [0.29, 0.717) is 19.3 Å². The van der Waals surface area contributed by atoms with Crippen LogP contribution in [0.25, 0.3) is 0 Å². The van der Waals surface area contributed by atoms with E-state index in [-0.39, 0.29) is 32.6 Å². The number of esters is 2. The summed E-state index contributed by atoms with van der Waals surface area (Å²) < 4.78 is 33.0. The van der Waals surface area contributed by atoms with E-state index in [2.05, 4.69) is 263 Å². The van der Waals surface area contributed by atoms with Crippen LogP contribution < -0.4 is 5.73 Å². The Labute approximate surface area is 554 Å². The van der Waals surface area contributed by atoms with Gasteiger partial charge in [-0.1, -0.05) is 282 Å². The third-order valence-corrected chi connectivity index (χ3v) is 13.9. The van der Waals surface area contributed by atoms with Crippen LogP contribution >= 0.6 is 7.82 Å². The summed E-state index contributed by atoms with van der Waals surface area (Å²) in [5.74, 6) is -0.952. The number of hydrogen-bond donors (Lipinski definition) is 2. The average molecular weight is 1270 g/mol. The second-order valence-electron chi connectivity index (χ2n) is 21.2. The monoisotopic (exact) mass is 1270 g/mol. The lowest BCUT2D eigenvalue weighted by molar-refractivity contribution is -0.161. The Morgan fingerprint density at radius 1 is 0.330 bits per heavy atom. The van der Waals surface area contributed by atoms with E-state index in [0.717, 1.165) is 161 Å². The van der Waals surface area contributed by atoms with Gasteiger partial charge in [-0.3, -0.25) is 18.6 Å². The zero-order chi connectivity index (χ0) is 65.8. The minimum absolute atomic E-state index is 0.0261. The SMILES string of the molecule is CC/C=C\C/C=C\C/C=C\C/C=C\C/C=C\C/C=C\C/C=C\C/C=C\C/C=C\C/C=C\C/C=C\C/C=C\CCCCCCC(=O)OC(COC(=O)CCC/C=C\C/C=C\C/C=C\C/C=C\C/C=C\C/C=C\C/C=C\C/C=C\C/C=C\CC)COP(=O)(O)OCCN. The zero-order valence-electron chi connectivity index (χ0n) is 56.2. The van der Waals surface area contributed by atoms with Gasteiger partial charge in [0, 0.05) is 19.4 Å². The maximum Gasteiger partial charge on any atom is 0.472 e. The molecule has 0 aromatic rings. The van der Waals surface area contributed by atoms with E-state index in [1.54, 1.807) is 0 Å². The lowest BCUT2D eigenvalue weighted by Gasteiger charge is -2.19. The Morgan fingerprint density at radius 3 is 0.868 bits per heavy atom. The molecule has 0 heterocycles. The largest absolute Gasteiger partial charge is 0.472 e. The van der Waals surface area contributed by atoms with Crippen molar-refractivity contribution in [2.75, 3.05) is 26.4 Å². The van der Waals surface area contributed by atoms with Crippen LogP contribution in [0.2, 0.25) is 0 Å². The summed E-state index contributed by atoms with van der Waals surface area (Å²) >= 11 is 0. The molecule has 0 radical (unpaired) electrons. The minimum atomic E-state index is -4.43. The number of hydrogen-bond acceptors (Lipinski definition) is 8. The lowest BCUT2D eigenvalue weighted by Crippen LogP contribution is -2.29.